The van der Waals surface area contributed by atoms with Crippen LogP contribution in [0.3, 0.4) is 0 Å². The van der Waals surface area contributed by atoms with Crippen molar-refractivity contribution in [2.24, 2.45) is 5.73 Å². The summed E-state index contributed by atoms with van der Waals surface area (Å²) in [6.45, 7) is 4.45. The van der Waals surface area contributed by atoms with Gasteiger partial charge in [-0.15, -0.1) is 0 Å². The number of likely N-dealkylation sites (tertiary alicyclic amines) is 1. The van der Waals surface area contributed by atoms with Gasteiger partial charge >= 0.3 is 6.18 Å². The number of hydrogen-bond acceptors (Lipinski definition) is 4. The van der Waals surface area contributed by atoms with Crippen molar-refractivity contribution < 1.29 is 18.1 Å². The summed E-state index contributed by atoms with van der Waals surface area (Å²) in [5, 5.41) is 10.7. The summed E-state index contributed by atoms with van der Waals surface area (Å²) < 4.78 is 39.5. The molecule has 22 heavy (non-hydrogen) atoms. The standard InChI is InChI=1S/C14H18F3N3O2/c1-13(2)12(18)5-6-19(13)8-9-3-4-10(20(21)22)7-11(9)14(15,16)17/h3-4,7,12H,5-6,8,18H2,1-2H3. The summed E-state index contributed by atoms with van der Waals surface area (Å²) in [5.41, 5.74) is 4.09. The van der Waals surface area contributed by atoms with E-state index in [1.54, 1.807) is 0 Å². The first-order valence-corrected chi connectivity index (χ1v) is 6.88. The maximum atomic E-state index is 13.2. The highest BCUT2D eigenvalue weighted by Gasteiger charge is 2.41. The molecule has 1 aromatic carbocycles. The summed E-state index contributed by atoms with van der Waals surface area (Å²) in [7, 11) is 0. The van der Waals surface area contributed by atoms with Crippen LogP contribution < -0.4 is 5.73 Å². The molecule has 0 spiro atoms. The first-order valence-electron chi connectivity index (χ1n) is 6.88. The third-order valence-corrected chi connectivity index (χ3v) is 4.40. The van der Waals surface area contributed by atoms with Crippen LogP contribution in [0.5, 0.6) is 0 Å². The van der Waals surface area contributed by atoms with Crippen LogP contribution in [0.4, 0.5) is 18.9 Å². The zero-order valence-corrected chi connectivity index (χ0v) is 12.4. The SMILES string of the molecule is CC1(C)C(N)CCN1Cc1ccc([N+](=O)[O-])cc1C(F)(F)F. The van der Waals surface area contributed by atoms with E-state index in [9.17, 15) is 23.3 Å². The van der Waals surface area contributed by atoms with Gasteiger partial charge in [-0.05, 0) is 25.8 Å². The summed E-state index contributed by atoms with van der Waals surface area (Å²) in [6, 6.07) is 2.77. The monoisotopic (exact) mass is 317 g/mol. The molecule has 1 saturated heterocycles. The smallest absolute Gasteiger partial charge is 0.326 e. The Morgan fingerprint density at radius 3 is 2.55 bits per heavy atom. The Bertz CT molecular complexity index is 587. The Kier molecular flexibility index (Phi) is 4.18. The second-order valence-electron chi connectivity index (χ2n) is 6.07. The van der Waals surface area contributed by atoms with Crippen LogP contribution in [0.15, 0.2) is 18.2 Å². The number of benzene rings is 1. The van der Waals surface area contributed by atoms with E-state index in [1.807, 2.05) is 18.7 Å². The number of nitrogens with two attached hydrogens (primary N) is 1. The predicted molar refractivity (Wildman–Crippen MR) is 75.2 cm³/mol. The fraction of sp³-hybridized carbons (Fsp3) is 0.571. The van der Waals surface area contributed by atoms with E-state index < -0.39 is 27.9 Å². The van der Waals surface area contributed by atoms with Crippen molar-refractivity contribution in [2.45, 2.75) is 44.6 Å². The number of alkyl halides is 3. The summed E-state index contributed by atoms with van der Waals surface area (Å²) in [6.07, 6.45) is -3.92. The van der Waals surface area contributed by atoms with Crippen LogP contribution in [-0.4, -0.2) is 27.9 Å². The van der Waals surface area contributed by atoms with Gasteiger partial charge in [0, 0.05) is 36.8 Å². The van der Waals surface area contributed by atoms with Gasteiger partial charge in [0.1, 0.15) is 0 Å². The van der Waals surface area contributed by atoms with Crippen LogP contribution in [0, 0.1) is 10.1 Å². The van der Waals surface area contributed by atoms with Crippen molar-refractivity contribution in [1.82, 2.24) is 4.90 Å². The Hall–Kier alpha value is -1.67. The molecule has 0 amide bonds. The van der Waals surface area contributed by atoms with Crippen LogP contribution >= 0.6 is 0 Å². The number of hydrogen-bond donors (Lipinski definition) is 1. The molecule has 8 heteroatoms. The fourth-order valence-corrected chi connectivity index (χ4v) is 2.74. The van der Waals surface area contributed by atoms with Gasteiger partial charge < -0.3 is 5.73 Å². The molecule has 1 aliphatic rings. The molecule has 1 aromatic rings. The molecule has 0 saturated carbocycles. The molecule has 2 N–H and O–H groups in total. The maximum absolute atomic E-state index is 13.2. The average Bonchev–Trinajstić information content (AvgIpc) is 2.64. The van der Waals surface area contributed by atoms with Crippen molar-refractivity contribution in [1.29, 1.82) is 0 Å². The molecule has 0 bridgehead atoms. The molecule has 1 fully saturated rings. The normalized spacial score (nSPS) is 22.0. The average molecular weight is 317 g/mol. The Balaban J connectivity index is 2.37. The van der Waals surface area contributed by atoms with Gasteiger partial charge in [0.2, 0.25) is 0 Å². The van der Waals surface area contributed by atoms with Crippen molar-refractivity contribution >= 4 is 5.69 Å². The van der Waals surface area contributed by atoms with E-state index in [0.717, 1.165) is 6.07 Å². The van der Waals surface area contributed by atoms with Crippen molar-refractivity contribution in [2.75, 3.05) is 6.54 Å². The second kappa shape index (κ2) is 5.51. The molecule has 1 atom stereocenters. The number of halogens is 3. The molecule has 1 heterocycles. The number of non-ortho nitro benzene ring substituents is 1. The molecule has 1 unspecified atom stereocenters. The van der Waals surface area contributed by atoms with E-state index in [1.165, 1.54) is 6.07 Å². The molecule has 122 valence electrons. The Morgan fingerprint density at radius 2 is 2.09 bits per heavy atom. The molecule has 2 rings (SSSR count). The quantitative estimate of drug-likeness (QED) is 0.687. The van der Waals surface area contributed by atoms with E-state index in [4.69, 9.17) is 5.73 Å². The van der Waals surface area contributed by atoms with E-state index in [0.29, 0.717) is 19.0 Å². The minimum atomic E-state index is -4.63. The minimum Gasteiger partial charge on any atom is -0.326 e. The van der Waals surface area contributed by atoms with Crippen LogP contribution in [-0.2, 0) is 12.7 Å². The summed E-state index contributed by atoms with van der Waals surface area (Å²) in [5.74, 6) is 0. The number of nitrogens with zero attached hydrogens (tertiary/aromatic N) is 2. The third-order valence-electron chi connectivity index (χ3n) is 4.40. The van der Waals surface area contributed by atoms with Gasteiger partial charge in [-0.25, -0.2) is 0 Å². The minimum absolute atomic E-state index is 0.0280. The molecule has 0 radical (unpaired) electrons. The molecule has 5 nitrogen and oxygen atoms in total. The summed E-state index contributed by atoms with van der Waals surface area (Å²) >= 11 is 0. The van der Waals surface area contributed by atoms with Gasteiger partial charge in [-0.3, -0.25) is 15.0 Å². The third kappa shape index (κ3) is 3.07. The van der Waals surface area contributed by atoms with Crippen molar-refractivity contribution in [3.05, 3.63) is 39.4 Å². The van der Waals surface area contributed by atoms with Gasteiger partial charge in [0.15, 0.2) is 0 Å². The molecule has 0 aromatic heterocycles. The Morgan fingerprint density at radius 1 is 1.45 bits per heavy atom. The lowest BCUT2D eigenvalue weighted by Gasteiger charge is -2.35. The van der Waals surface area contributed by atoms with E-state index >= 15 is 0 Å². The van der Waals surface area contributed by atoms with Gasteiger partial charge in [0.05, 0.1) is 10.5 Å². The van der Waals surface area contributed by atoms with Gasteiger partial charge in [0.25, 0.3) is 5.69 Å². The van der Waals surface area contributed by atoms with Gasteiger partial charge in [-0.2, -0.15) is 13.2 Å². The molecular formula is C14H18F3N3O2. The van der Waals surface area contributed by atoms with Crippen molar-refractivity contribution in [3.8, 4) is 0 Å². The zero-order chi connectivity index (χ0) is 16.7. The molecular weight excluding hydrogens is 299 g/mol. The first kappa shape index (κ1) is 16.7. The maximum Gasteiger partial charge on any atom is 0.416 e. The lowest BCUT2D eigenvalue weighted by atomic mass is 9.96. The highest BCUT2D eigenvalue weighted by Crippen LogP contribution is 2.37. The highest BCUT2D eigenvalue weighted by atomic mass is 19.4. The van der Waals surface area contributed by atoms with Crippen LogP contribution in [0.25, 0.3) is 0 Å². The predicted octanol–water partition coefficient (Wildman–Crippen LogP) is 2.93. The largest absolute Gasteiger partial charge is 0.416 e. The van der Waals surface area contributed by atoms with E-state index in [2.05, 4.69) is 0 Å². The van der Waals surface area contributed by atoms with Crippen LogP contribution in [0.1, 0.15) is 31.4 Å². The first-order chi connectivity index (χ1) is 10.0. The lowest BCUT2D eigenvalue weighted by Crippen LogP contribution is -2.48. The summed E-state index contributed by atoms with van der Waals surface area (Å²) in [4.78, 5) is 11.8. The second-order valence-corrected chi connectivity index (χ2v) is 6.07. The molecule has 0 aliphatic carbocycles. The Labute approximate surface area is 126 Å². The topological polar surface area (TPSA) is 72.4 Å². The lowest BCUT2D eigenvalue weighted by molar-refractivity contribution is -0.385. The van der Waals surface area contributed by atoms with Crippen LogP contribution in [0.2, 0.25) is 0 Å². The zero-order valence-electron chi connectivity index (χ0n) is 12.4. The van der Waals surface area contributed by atoms with Crippen molar-refractivity contribution in [3.63, 3.8) is 0 Å². The number of nitro benzene ring substituents is 1. The van der Waals surface area contributed by atoms with Gasteiger partial charge in [-0.1, -0.05) is 6.07 Å². The highest BCUT2D eigenvalue weighted by molar-refractivity contribution is 5.41. The number of rotatable bonds is 3. The fourth-order valence-electron chi connectivity index (χ4n) is 2.74. The molecule has 1 aliphatic heterocycles. The number of nitro groups is 1. The van der Waals surface area contributed by atoms with E-state index in [-0.39, 0.29) is 18.2 Å².